The Morgan fingerprint density at radius 2 is 2.00 bits per heavy atom. The van der Waals surface area contributed by atoms with Gasteiger partial charge in [0.25, 0.3) is 0 Å². The third kappa shape index (κ3) is 4.44. The second-order valence-electron chi connectivity index (χ2n) is 13.2. The molecule has 6 heterocycles. The van der Waals surface area contributed by atoms with Crippen LogP contribution in [0.1, 0.15) is 50.5 Å². The number of fused-ring (bicyclic) bond motifs is 5. The molecule has 0 aliphatic carbocycles. The van der Waals surface area contributed by atoms with Gasteiger partial charge in [-0.3, -0.25) is 4.90 Å². The molecule has 2 bridgehead atoms. The summed E-state index contributed by atoms with van der Waals surface area (Å²) >= 11 is 0. The lowest BCUT2D eigenvalue weighted by Gasteiger charge is -2.34. The summed E-state index contributed by atoms with van der Waals surface area (Å²) in [6.07, 6.45) is 5.48. The van der Waals surface area contributed by atoms with Gasteiger partial charge in [-0.1, -0.05) is 31.2 Å². The van der Waals surface area contributed by atoms with Crippen molar-refractivity contribution in [2.24, 2.45) is 0 Å². The number of halogens is 2. The number of benzene rings is 2. The number of nitrogens with one attached hydrogen (secondary N) is 1. The molecule has 0 saturated carbocycles. The zero-order chi connectivity index (χ0) is 30.2. The summed E-state index contributed by atoms with van der Waals surface area (Å²) in [5, 5.41) is 20.6. The van der Waals surface area contributed by atoms with Gasteiger partial charge in [-0.25, -0.2) is 4.39 Å². The monoisotopic (exact) mass is 600 g/mol. The van der Waals surface area contributed by atoms with Crippen molar-refractivity contribution >= 4 is 22.1 Å². The smallest absolute Gasteiger partial charge is 0.336 e. The first-order chi connectivity index (χ1) is 21.3. The molecule has 3 unspecified atom stereocenters. The second kappa shape index (κ2) is 10.4. The third-order valence-corrected chi connectivity index (χ3v) is 10.4. The molecule has 4 aromatic rings. The molecule has 8 nitrogen and oxygen atoms in total. The van der Waals surface area contributed by atoms with E-state index in [9.17, 15) is 9.50 Å². The first kappa shape index (κ1) is 27.8. The van der Waals surface area contributed by atoms with E-state index in [2.05, 4.69) is 33.7 Å². The number of alkyl halides is 1. The molecule has 2 aromatic carbocycles. The summed E-state index contributed by atoms with van der Waals surface area (Å²) in [6.45, 7) is 9.09. The van der Waals surface area contributed by atoms with Crippen LogP contribution in [0.2, 0.25) is 0 Å². The van der Waals surface area contributed by atoms with Crippen LogP contribution in [0.3, 0.4) is 0 Å². The summed E-state index contributed by atoms with van der Waals surface area (Å²) in [5.41, 5.74) is 2.09. The minimum absolute atomic E-state index is 0.0165. The van der Waals surface area contributed by atoms with Crippen molar-refractivity contribution in [2.45, 2.75) is 68.7 Å². The van der Waals surface area contributed by atoms with Crippen molar-refractivity contribution in [3.8, 4) is 22.9 Å². The minimum atomic E-state index is -0.871. The van der Waals surface area contributed by atoms with Crippen LogP contribution in [-0.4, -0.2) is 81.2 Å². The Morgan fingerprint density at radius 1 is 1.18 bits per heavy atom. The molecule has 2 aromatic heterocycles. The van der Waals surface area contributed by atoms with Crippen LogP contribution in [0.25, 0.3) is 27.4 Å². The number of piperazine rings is 1. The molecule has 0 amide bonds. The van der Waals surface area contributed by atoms with Crippen LogP contribution in [-0.2, 0) is 0 Å². The Morgan fingerprint density at radius 3 is 2.80 bits per heavy atom. The standard InChI is InChI=1S/C34H38F2N6O2/c1-3-20(2)26-7-4-6-21-12-25(43)13-27(30(21)26)28-14-29-32(40-17-23-8-9-24(18-40)37-23)38-33(39-42(29)31(28)36)44-19-34-10-5-11-41(34)16-22(35)15-34/h3-4,6-7,12-14,20,22-24,37,43H,1,5,8-11,15-19H2,2H3/t20?,22-,23?,24?,34+/m1/s1. The number of hydrogen-bond acceptors (Lipinski definition) is 7. The van der Waals surface area contributed by atoms with Crippen molar-refractivity contribution in [1.82, 2.24) is 24.8 Å². The number of nitrogens with zero attached hydrogens (tertiary/aromatic N) is 5. The number of allylic oxidation sites excluding steroid dienone is 1. The van der Waals surface area contributed by atoms with Gasteiger partial charge in [-0.05, 0) is 78.2 Å². The van der Waals surface area contributed by atoms with E-state index in [1.165, 1.54) is 4.52 Å². The fraction of sp³-hybridized carbons (Fsp3) is 0.471. The van der Waals surface area contributed by atoms with E-state index in [0.717, 1.165) is 61.7 Å². The SMILES string of the molecule is C=CC(C)c1cccc2cc(O)cc(-c3cc4c(N5CC6CCC(C5)N6)nc(OC[C@@]56CCCN5C[C@H](F)C6)nn4c3F)c12. The highest BCUT2D eigenvalue weighted by atomic mass is 19.1. The van der Waals surface area contributed by atoms with Crippen LogP contribution >= 0.6 is 0 Å². The lowest BCUT2D eigenvalue weighted by Crippen LogP contribution is -2.51. The van der Waals surface area contributed by atoms with Crippen molar-refractivity contribution in [3.63, 3.8) is 0 Å². The maximum absolute atomic E-state index is 16.7. The Kier molecular flexibility index (Phi) is 6.57. The van der Waals surface area contributed by atoms with Crippen LogP contribution in [0, 0.1) is 5.95 Å². The van der Waals surface area contributed by atoms with Gasteiger partial charge in [0, 0.05) is 43.7 Å². The van der Waals surface area contributed by atoms with E-state index in [0.29, 0.717) is 47.5 Å². The lowest BCUT2D eigenvalue weighted by molar-refractivity contribution is 0.106. The Hall–Kier alpha value is -3.76. The Labute approximate surface area is 255 Å². The highest BCUT2D eigenvalue weighted by Gasteiger charge is 2.49. The molecule has 0 spiro atoms. The number of anilines is 1. The number of rotatable bonds is 7. The van der Waals surface area contributed by atoms with Crippen LogP contribution in [0.5, 0.6) is 11.8 Å². The summed E-state index contributed by atoms with van der Waals surface area (Å²) in [5.74, 6) is 0.147. The van der Waals surface area contributed by atoms with E-state index in [1.807, 2.05) is 24.3 Å². The number of aromatic nitrogens is 3. The van der Waals surface area contributed by atoms with Gasteiger partial charge in [0.1, 0.15) is 24.0 Å². The summed E-state index contributed by atoms with van der Waals surface area (Å²) in [4.78, 5) is 9.30. The highest BCUT2D eigenvalue weighted by molar-refractivity contribution is 6.01. The summed E-state index contributed by atoms with van der Waals surface area (Å²) in [7, 11) is 0. The van der Waals surface area contributed by atoms with Gasteiger partial charge in [-0.15, -0.1) is 11.7 Å². The topological polar surface area (TPSA) is 78.2 Å². The average molecular weight is 601 g/mol. The van der Waals surface area contributed by atoms with Gasteiger partial charge in [0.2, 0.25) is 5.95 Å². The van der Waals surface area contributed by atoms with Crippen LogP contribution in [0.15, 0.2) is 49.1 Å². The van der Waals surface area contributed by atoms with E-state index < -0.39 is 12.1 Å². The number of ether oxygens (including phenoxy) is 1. The molecule has 44 heavy (non-hydrogen) atoms. The highest BCUT2D eigenvalue weighted by Crippen LogP contribution is 2.42. The number of hydrogen-bond donors (Lipinski definition) is 2. The second-order valence-corrected chi connectivity index (χ2v) is 13.2. The minimum Gasteiger partial charge on any atom is -0.508 e. The lowest BCUT2D eigenvalue weighted by atomic mass is 9.89. The number of phenols is 1. The van der Waals surface area contributed by atoms with Gasteiger partial charge >= 0.3 is 6.01 Å². The normalized spacial score (nSPS) is 27.3. The predicted molar refractivity (Wildman–Crippen MR) is 167 cm³/mol. The molecule has 230 valence electrons. The average Bonchev–Trinajstić information content (AvgIpc) is 3.75. The third-order valence-electron chi connectivity index (χ3n) is 10.4. The van der Waals surface area contributed by atoms with Gasteiger partial charge < -0.3 is 20.1 Å². The van der Waals surface area contributed by atoms with Gasteiger partial charge in [-0.2, -0.15) is 13.9 Å². The molecular formula is C34H38F2N6O2. The van der Waals surface area contributed by atoms with E-state index in [1.54, 1.807) is 18.2 Å². The van der Waals surface area contributed by atoms with Crippen molar-refractivity contribution in [3.05, 3.63) is 60.6 Å². The number of phenolic OH excluding ortho intramolecular Hbond substituents is 1. The fourth-order valence-corrected chi connectivity index (χ4v) is 8.25. The molecule has 4 aliphatic rings. The van der Waals surface area contributed by atoms with Crippen LogP contribution in [0.4, 0.5) is 14.6 Å². The molecule has 2 N–H and O–H groups in total. The number of aromatic hydroxyl groups is 1. The maximum Gasteiger partial charge on any atom is 0.336 e. The zero-order valence-corrected chi connectivity index (χ0v) is 25.0. The molecule has 8 rings (SSSR count). The Balaban J connectivity index is 1.27. The van der Waals surface area contributed by atoms with E-state index in [-0.39, 0.29) is 29.8 Å². The summed E-state index contributed by atoms with van der Waals surface area (Å²) < 4.78 is 38.7. The van der Waals surface area contributed by atoms with Crippen molar-refractivity contribution in [1.29, 1.82) is 0 Å². The van der Waals surface area contributed by atoms with Crippen molar-refractivity contribution in [2.75, 3.05) is 37.7 Å². The zero-order valence-electron chi connectivity index (χ0n) is 25.0. The van der Waals surface area contributed by atoms with Crippen molar-refractivity contribution < 1.29 is 18.6 Å². The maximum atomic E-state index is 16.7. The van der Waals surface area contributed by atoms with Gasteiger partial charge in [0.05, 0.1) is 5.54 Å². The Bertz CT molecular complexity index is 1760. The largest absolute Gasteiger partial charge is 0.508 e. The summed E-state index contributed by atoms with van der Waals surface area (Å²) in [6, 6.07) is 11.8. The molecule has 5 atom stereocenters. The van der Waals surface area contributed by atoms with E-state index >= 15 is 4.39 Å². The molecular weight excluding hydrogens is 562 g/mol. The molecule has 4 aliphatic heterocycles. The first-order valence-electron chi connectivity index (χ1n) is 15.8. The predicted octanol–water partition coefficient (Wildman–Crippen LogP) is 5.58. The fourth-order valence-electron chi connectivity index (χ4n) is 8.25. The molecule has 4 fully saturated rings. The molecule has 0 radical (unpaired) electrons. The van der Waals surface area contributed by atoms with E-state index in [4.69, 9.17) is 9.72 Å². The molecule has 10 heteroatoms. The van der Waals surface area contributed by atoms with Gasteiger partial charge in [0.15, 0.2) is 5.82 Å². The quantitative estimate of drug-likeness (QED) is 0.268. The first-order valence-corrected chi connectivity index (χ1v) is 15.8. The van der Waals surface area contributed by atoms with Crippen LogP contribution < -0.4 is 15.0 Å². The molecule has 4 saturated heterocycles.